The minimum absolute atomic E-state index is 0.131. The van der Waals surface area contributed by atoms with Crippen molar-refractivity contribution < 1.29 is 33.3 Å². The second-order valence-electron chi connectivity index (χ2n) is 17.6. The number of hydrogen-bond donors (Lipinski definition) is 0. The maximum atomic E-state index is 13.4. The highest BCUT2D eigenvalue weighted by Crippen LogP contribution is 2.12. The van der Waals surface area contributed by atoms with Crippen LogP contribution in [0.3, 0.4) is 0 Å². The van der Waals surface area contributed by atoms with Crippen LogP contribution in [0.15, 0.2) is 0 Å². The number of unbranched alkanes of at least 4 members (excludes halogenated alkanes) is 28. The zero-order valence-electron chi connectivity index (χ0n) is 41.3. The summed E-state index contributed by atoms with van der Waals surface area (Å²) in [5.41, 5.74) is 0. The molecular formula is C52H104N2O7. The molecule has 0 saturated carbocycles. The summed E-state index contributed by atoms with van der Waals surface area (Å²) in [4.78, 5) is 30.4. The fourth-order valence-electron chi connectivity index (χ4n) is 7.59. The molecule has 0 aromatic rings. The minimum Gasteiger partial charge on any atom is -0.380 e. The maximum Gasteiger partial charge on any atom is 0.248 e. The molecule has 61 heavy (non-hydrogen) atoms. The quantitative estimate of drug-likeness (QED) is 0.0563. The third-order valence-electron chi connectivity index (χ3n) is 11.7. The van der Waals surface area contributed by atoms with Crippen molar-refractivity contribution in [1.29, 1.82) is 0 Å². The molecule has 0 aliphatic rings. The smallest absolute Gasteiger partial charge is 0.248 e. The second-order valence-corrected chi connectivity index (χ2v) is 17.6. The Hall–Kier alpha value is -1.26. The number of amides is 2. The third-order valence-corrected chi connectivity index (χ3v) is 11.7. The van der Waals surface area contributed by atoms with Gasteiger partial charge in [0.1, 0.15) is 13.2 Å². The molecule has 0 aromatic heterocycles. The lowest BCUT2D eigenvalue weighted by atomic mass is 10.1. The Labute approximate surface area is 379 Å². The number of carbonyl (C=O) groups is 2. The lowest BCUT2D eigenvalue weighted by Crippen LogP contribution is -2.41. The molecule has 0 aliphatic heterocycles. The van der Waals surface area contributed by atoms with Gasteiger partial charge in [0.15, 0.2) is 0 Å². The molecule has 0 heterocycles. The van der Waals surface area contributed by atoms with Gasteiger partial charge in [0.05, 0.1) is 26.4 Å². The van der Waals surface area contributed by atoms with Gasteiger partial charge in [-0.1, -0.05) is 207 Å². The molecule has 0 saturated heterocycles. The first kappa shape index (κ1) is 59.7. The minimum atomic E-state index is -0.139. The summed E-state index contributed by atoms with van der Waals surface area (Å²) in [7, 11) is 0. The van der Waals surface area contributed by atoms with Crippen LogP contribution in [0, 0.1) is 0 Å². The zero-order chi connectivity index (χ0) is 44.4. The molecule has 0 aromatic carbocycles. The Kier molecular flexibility index (Phi) is 50.3. The summed E-state index contributed by atoms with van der Waals surface area (Å²) in [6, 6.07) is 0. The first-order valence-electron chi connectivity index (χ1n) is 26.5. The molecule has 0 N–H and O–H groups in total. The van der Waals surface area contributed by atoms with Gasteiger partial charge in [-0.15, -0.1) is 0 Å². The van der Waals surface area contributed by atoms with Gasteiger partial charge in [0.2, 0.25) is 11.8 Å². The van der Waals surface area contributed by atoms with Gasteiger partial charge in [-0.05, 0) is 25.7 Å². The summed E-state index contributed by atoms with van der Waals surface area (Å²) in [5, 5.41) is 0. The Balaban J connectivity index is 4.84. The molecule has 0 spiro atoms. The van der Waals surface area contributed by atoms with Gasteiger partial charge in [-0.2, -0.15) is 0 Å². The molecule has 0 unspecified atom stereocenters. The number of rotatable bonds is 52. The van der Waals surface area contributed by atoms with Crippen molar-refractivity contribution in [3.63, 3.8) is 0 Å². The van der Waals surface area contributed by atoms with Crippen molar-refractivity contribution in [3.8, 4) is 0 Å². The average Bonchev–Trinajstić information content (AvgIpc) is 3.26. The van der Waals surface area contributed by atoms with Crippen LogP contribution in [-0.4, -0.2) is 114 Å². The molecule has 0 rings (SSSR count). The summed E-state index contributed by atoms with van der Waals surface area (Å²) in [5.74, 6) is -0.263. The van der Waals surface area contributed by atoms with Crippen molar-refractivity contribution in [2.45, 2.75) is 233 Å². The fourth-order valence-corrected chi connectivity index (χ4v) is 7.59. The standard InChI is InChI=1S/C52H104N2O7/c1-5-9-13-17-21-25-29-33-41-57-45-37-53(38-46-58-42-34-30-26-22-18-14-10-6-2)51(55)49-61-50-52(56)54(39-47-59-43-35-31-27-23-19-15-11-7-3)40-48-60-44-36-32-28-24-20-16-12-8-4/h5-50H2,1-4H3. The highest BCUT2D eigenvalue weighted by molar-refractivity contribution is 5.79. The van der Waals surface area contributed by atoms with E-state index < -0.39 is 0 Å². The van der Waals surface area contributed by atoms with Gasteiger partial charge in [0, 0.05) is 52.6 Å². The summed E-state index contributed by atoms with van der Waals surface area (Å²) >= 11 is 0. The molecule has 0 atom stereocenters. The number of ether oxygens (including phenoxy) is 5. The topological polar surface area (TPSA) is 86.8 Å². The molecule has 0 radical (unpaired) electrons. The number of nitrogens with zero attached hydrogens (tertiary/aromatic N) is 2. The van der Waals surface area contributed by atoms with Crippen molar-refractivity contribution in [1.82, 2.24) is 9.80 Å². The van der Waals surface area contributed by atoms with Crippen LogP contribution in [0.5, 0.6) is 0 Å². The molecule has 0 aliphatic carbocycles. The highest BCUT2D eigenvalue weighted by Gasteiger charge is 2.18. The normalized spacial score (nSPS) is 11.5. The van der Waals surface area contributed by atoms with Crippen molar-refractivity contribution in [3.05, 3.63) is 0 Å². The van der Waals surface area contributed by atoms with Crippen molar-refractivity contribution in [2.75, 3.05) is 92.2 Å². The van der Waals surface area contributed by atoms with E-state index in [-0.39, 0.29) is 25.0 Å². The van der Waals surface area contributed by atoms with Crippen LogP contribution in [0.25, 0.3) is 0 Å². The van der Waals surface area contributed by atoms with E-state index in [0.717, 1.165) is 52.1 Å². The van der Waals surface area contributed by atoms with Crippen molar-refractivity contribution >= 4 is 11.8 Å². The molecule has 0 bridgehead atoms. The third kappa shape index (κ3) is 45.1. The lowest BCUT2D eigenvalue weighted by molar-refractivity contribution is -0.143. The Morgan fingerprint density at radius 1 is 0.262 bits per heavy atom. The van der Waals surface area contributed by atoms with Gasteiger partial charge < -0.3 is 33.5 Å². The highest BCUT2D eigenvalue weighted by atomic mass is 16.5. The number of carbonyl (C=O) groups excluding carboxylic acids is 2. The van der Waals surface area contributed by atoms with Crippen LogP contribution in [0.2, 0.25) is 0 Å². The molecule has 2 amide bonds. The average molecular weight is 869 g/mol. The second kappa shape index (κ2) is 51.4. The van der Waals surface area contributed by atoms with E-state index in [0.29, 0.717) is 52.6 Å². The monoisotopic (exact) mass is 869 g/mol. The molecule has 0 fully saturated rings. The van der Waals surface area contributed by atoms with Crippen LogP contribution < -0.4 is 0 Å². The molecule has 364 valence electrons. The first-order chi connectivity index (χ1) is 30.1. The maximum absolute atomic E-state index is 13.4. The van der Waals surface area contributed by atoms with E-state index >= 15 is 0 Å². The van der Waals surface area contributed by atoms with E-state index in [4.69, 9.17) is 23.7 Å². The largest absolute Gasteiger partial charge is 0.380 e. The SMILES string of the molecule is CCCCCCCCCCOCCN(CCOCCCCCCCCCC)C(=O)COCC(=O)N(CCOCCCCCCCCCC)CCOCCCCCCCCCC. The lowest BCUT2D eigenvalue weighted by Gasteiger charge is -2.24. The predicted molar refractivity (Wildman–Crippen MR) is 258 cm³/mol. The van der Waals surface area contributed by atoms with Gasteiger partial charge >= 0.3 is 0 Å². The van der Waals surface area contributed by atoms with Gasteiger partial charge in [-0.25, -0.2) is 0 Å². The Bertz CT molecular complexity index is 759. The number of hydrogen-bond acceptors (Lipinski definition) is 7. The zero-order valence-corrected chi connectivity index (χ0v) is 41.3. The summed E-state index contributed by atoms with van der Waals surface area (Å²) in [6.07, 6.45) is 40.5. The van der Waals surface area contributed by atoms with Crippen molar-refractivity contribution in [2.24, 2.45) is 0 Å². The van der Waals surface area contributed by atoms with E-state index in [9.17, 15) is 9.59 Å². The Morgan fingerprint density at radius 3 is 0.672 bits per heavy atom. The van der Waals surface area contributed by atoms with Crippen LogP contribution in [0.4, 0.5) is 0 Å². The van der Waals surface area contributed by atoms with Gasteiger partial charge in [0.25, 0.3) is 0 Å². The summed E-state index contributed by atoms with van der Waals surface area (Å²) < 4.78 is 29.7. The molecular weight excluding hydrogens is 765 g/mol. The fraction of sp³-hybridized carbons (Fsp3) is 0.962. The Morgan fingerprint density at radius 2 is 0.459 bits per heavy atom. The van der Waals surface area contributed by atoms with Crippen LogP contribution in [0.1, 0.15) is 233 Å². The van der Waals surface area contributed by atoms with Gasteiger partial charge in [-0.3, -0.25) is 9.59 Å². The van der Waals surface area contributed by atoms with E-state index in [1.165, 1.54) is 180 Å². The van der Waals surface area contributed by atoms with E-state index in [1.807, 2.05) is 0 Å². The van der Waals surface area contributed by atoms with Crippen LogP contribution >= 0.6 is 0 Å². The molecule has 9 heteroatoms. The van der Waals surface area contributed by atoms with Crippen LogP contribution in [-0.2, 0) is 33.3 Å². The van der Waals surface area contributed by atoms with E-state index in [2.05, 4.69) is 27.7 Å². The van der Waals surface area contributed by atoms with E-state index in [1.54, 1.807) is 9.80 Å². The predicted octanol–water partition coefficient (Wildman–Crippen LogP) is 13.3. The summed E-state index contributed by atoms with van der Waals surface area (Å²) in [6.45, 7) is 15.6. The molecule has 9 nitrogen and oxygen atoms in total. The first-order valence-corrected chi connectivity index (χ1v) is 26.5.